The summed E-state index contributed by atoms with van der Waals surface area (Å²) < 4.78 is 6.91. The Morgan fingerprint density at radius 1 is 1.06 bits per heavy atom. The molecule has 1 N–H and O–H groups in total. The molecule has 4 aliphatic rings. The third kappa shape index (κ3) is 4.93. The monoisotopic (exact) mass is 512 g/mol. The van der Waals surface area contributed by atoms with Crippen molar-refractivity contribution in [3.8, 4) is 11.8 Å². The van der Waals surface area contributed by atoms with Gasteiger partial charge in [0.05, 0.1) is 0 Å². The van der Waals surface area contributed by atoms with Gasteiger partial charge in [0.2, 0.25) is 0 Å². The van der Waals surface area contributed by atoms with E-state index in [1.807, 2.05) is 6.92 Å². The van der Waals surface area contributed by atoms with Crippen LogP contribution in [-0.2, 0) is 4.43 Å². The summed E-state index contributed by atoms with van der Waals surface area (Å²) in [6.07, 6.45) is 13.8. The van der Waals surface area contributed by atoms with E-state index in [9.17, 15) is 5.11 Å². The van der Waals surface area contributed by atoms with Gasteiger partial charge in [-0.1, -0.05) is 66.0 Å². The molecule has 0 unspecified atom stereocenters. The Bertz CT molecular complexity index is 912. The molecule has 0 spiro atoms. The van der Waals surface area contributed by atoms with Gasteiger partial charge in [-0.3, -0.25) is 0 Å². The summed E-state index contributed by atoms with van der Waals surface area (Å²) in [4.78, 5) is 0. The van der Waals surface area contributed by atoms with Crippen LogP contribution in [-0.4, -0.2) is 25.1 Å². The van der Waals surface area contributed by atoms with Crippen molar-refractivity contribution < 1.29 is 9.53 Å². The zero-order valence-corrected chi connectivity index (χ0v) is 26.3. The highest BCUT2D eigenvalue weighted by Gasteiger charge is 2.61. The zero-order chi connectivity index (χ0) is 26.7. The molecule has 0 saturated heterocycles. The molecule has 0 radical (unpaired) electrons. The van der Waals surface area contributed by atoms with Gasteiger partial charge in [-0.05, 0) is 111 Å². The van der Waals surface area contributed by atoms with E-state index < -0.39 is 13.9 Å². The lowest BCUT2D eigenvalue weighted by molar-refractivity contribution is -0.0822. The van der Waals surface area contributed by atoms with Crippen molar-refractivity contribution in [1.29, 1.82) is 0 Å². The van der Waals surface area contributed by atoms with Gasteiger partial charge in [0, 0.05) is 18.4 Å². The fourth-order valence-electron chi connectivity index (χ4n) is 8.77. The summed E-state index contributed by atoms with van der Waals surface area (Å²) in [5.41, 5.74) is 1.39. The minimum absolute atomic E-state index is 0.210. The van der Waals surface area contributed by atoms with Gasteiger partial charge in [-0.2, -0.15) is 0 Å². The first kappa shape index (κ1) is 28.4. The Kier molecular flexibility index (Phi) is 7.56. The van der Waals surface area contributed by atoms with Crippen LogP contribution in [0.3, 0.4) is 0 Å². The highest BCUT2D eigenvalue weighted by molar-refractivity contribution is 6.74. The SMILES string of the molecule is CC(C)CC#C[C@](C)(O)[C@H]1CC[C@H]2[C@@H]3CC=C4C[C@@H](O[Si](C)(C)C(C)(C)C)CC[C@]4(C)[C@H]3CC[C@@]21C. The van der Waals surface area contributed by atoms with Crippen LogP contribution in [0.4, 0.5) is 0 Å². The van der Waals surface area contributed by atoms with Crippen molar-refractivity contribution in [3.63, 3.8) is 0 Å². The van der Waals surface area contributed by atoms with Gasteiger partial charge >= 0.3 is 0 Å². The molecule has 0 amide bonds. The van der Waals surface area contributed by atoms with E-state index in [4.69, 9.17) is 4.43 Å². The highest BCUT2D eigenvalue weighted by atomic mass is 28.4. The molecule has 0 heterocycles. The molecule has 4 rings (SSSR count). The fourth-order valence-corrected chi connectivity index (χ4v) is 10.2. The maximum atomic E-state index is 11.5. The van der Waals surface area contributed by atoms with Gasteiger partial charge in [0.15, 0.2) is 8.32 Å². The Morgan fingerprint density at radius 3 is 2.39 bits per heavy atom. The van der Waals surface area contributed by atoms with E-state index in [1.54, 1.807) is 5.57 Å². The Hall–Kier alpha value is -0.563. The van der Waals surface area contributed by atoms with Crippen molar-refractivity contribution in [2.75, 3.05) is 0 Å². The standard InChI is InChI=1S/C33H56O2Si/c1-23(2)12-11-19-33(8,34)29-16-15-27-26-14-13-24-22-25(35-36(9,10)30(3,4)5)17-20-31(24,6)28(26)18-21-32(27,29)7/h13,23,25-29,34H,12,14-18,20-22H2,1-10H3/t25-,26-,27-,28-,29-,31-,32-,33-/m0/s1. The molecular formula is C33H56O2Si. The number of rotatable bonds is 4. The zero-order valence-electron chi connectivity index (χ0n) is 25.3. The Labute approximate surface area is 224 Å². The summed E-state index contributed by atoms with van der Waals surface area (Å²) in [6.45, 7) is 23.4. The fraction of sp³-hybridized carbons (Fsp3) is 0.879. The van der Waals surface area contributed by atoms with Crippen LogP contribution in [0.2, 0.25) is 18.1 Å². The molecule has 4 aliphatic carbocycles. The average Bonchev–Trinajstić information content (AvgIpc) is 3.11. The molecule has 0 aromatic rings. The Morgan fingerprint density at radius 2 is 1.75 bits per heavy atom. The second-order valence-electron chi connectivity index (χ2n) is 15.7. The van der Waals surface area contributed by atoms with E-state index in [0.717, 1.165) is 37.0 Å². The number of aliphatic hydroxyl groups is 1. The molecule has 36 heavy (non-hydrogen) atoms. The lowest BCUT2D eigenvalue weighted by Crippen LogP contribution is -2.53. The second-order valence-corrected chi connectivity index (χ2v) is 20.5. The van der Waals surface area contributed by atoms with Gasteiger partial charge in [-0.15, -0.1) is 5.92 Å². The van der Waals surface area contributed by atoms with Crippen LogP contribution in [0, 0.1) is 52.3 Å². The lowest BCUT2D eigenvalue weighted by Gasteiger charge is -2.59. The number of hydrogen-bond acceptors (Lipinski definition) is 2. The van der Waals surface area contributed by atoms with E-state index >= 15 is 0 Å². The Balaban J connectivity index is 1.51. The van der Waals surface area contributed by atoms with E-state index in [2.05, 4.69) is 79.5 Å². The lowest BCUT2D eigenvalue weighted by atomic mass is 9.47. The summed E-state index contributed by atoms with van der Waals surface area (Å²) in [6, 6.07) is 0. The van der Waals surface area contributed by atoms with Gasteiger partial charge in [-0.25, -0.2) is 0 Å². The highest BCUT2D eigenvalue weighted by Crippen LogP contribution is 2.67. The van der Waals surface area contributed by atoms with Crippen molar-refractivity contribution in [2.45, 2.75) is 143 Å². The first-order chi connectivity index (χ1) is 16.5. The van der Waals surface area contributed by atoms with E-state index in [0.29, 0.717) is 23.4 Å². The molecule has 0 aromatic heterocycles. The molecule has 3 saturated carbocycles. The predicted molar refractivity (Wildman–Crippen MR) is 155 cm³/mol. The number of hydrogen-bond donors (Lipinski definition) is 1. The smallest absolute Gasteiger partial charge is 0.192 e. The minimum atomic E-state index is -1.74. The van der Waals surface area contributed by atoms with E-state index in [1.165, 1.54) is 38.5 Å². The molecule has 3 heteroatoms. The number of fused-ring (bicyclic) bond motifs is 5. The van der Waals surface area contributed by atoms with Crippen LogP contribution in [0.15, 0.2) is 11.6 Å². The molecule has 0 bridgehead atoms. The topological polar surface area (TPSA) is 29.5 Å². The summed E-state index contributed by atoms with van der Waals surface area (Å²) in [7, 11) is -1.74. The average molecular weight is 513 g/mol. The van der Waals surface area contributed by atoms with E-state index in [-0.39, 0.29) is 10.5 Å². The van der Waals surface area contributed by atoms with Crippen molar-refractivity contribution in [2.24, 2.45) is 40.4 Å². The largest absolute Gasteiger partial charge is 0.414 e. The van der Waals surface area contributed by atoms with Gasteiger partial charge < -0.3 is 9.53 Å². The third-order valence-corrected chi connectivity index (χ3v) is 16.4. The molecule has 0 aliphatic heterocycles. The van der Waals surface area contributed by atoms with Crippen LogP contribution in [0.25, 0.3) is 0 Å². The molecule has 8 atom stereocenters. The number of allylic oxidation sites excluding steroid dienone is 1. The quantitative estimate of drug-likeness (QED) is 0.232. The molecule has 204 valence electrons. The molecule has 3 fully saturated rings. The molecule has 2 nitrogen and oxygen atoms in total. The maximum absolute atomic E-state index is 11.5. The minimum Gasteiger partial charge on any atom is -0.414 e. The first-order valence-corrected chi connectivity index (χ1v) is 18.0. The van der Waals surface area contributed by atoms with Crippen molar-refractivity contribution in [3.05, 3.63) is 11.6 Å². The summed E-state index contributed by atoms with van der Waals surface area (Å²) in [5.74, 6) is 9.78. The summed E-state index contributed by atoms with van der Waals surface area (Å²) >= 11 is 0. The van der Waals surface area contributed by atoms with Crippen LogP contribution in [0.5, 0.6) is 0 Å². The van der Waals surface area contributed by atoms with Gasteiger partial charge in [0.1, 0.15) is 5.60 Å². The van der Waals surface area contributed by atoms with Crippen molar-refractivity contribution >= 4 is 8.32 Å². The van der Waals surface area contributed by atoms with Crippen LogP contribution in [0.1, 0.15) is 113 Å². The predicted octanol–water partition coefficient (Wildman–Crippen LogP) is 8.76. The second kappa shape index (κ2) is 9.57. The molecular weight excluding hydrogens is 456 g/mol. The van der Waals surface area contributed by atoms with Crippen LogP contribution >= 0.6 is 0 Å². The maximum Gasteiger partial charge on any atom is 0.192 e. The van der Waals surface area contributed by atoms with Crippen LogP contribution < -0.4 is 0 Å². The summed E-state index contributed by atoms with van der Waals surface area (Å²) in [5, 5.41) is 11.8. The molecule has 0 aromatic carbocycles. The normalized spacial score (nSPS) is 40.3. The first-order valence-electron chi connectivity index (χ1n) is 15.1. The van der Waals surface area contributed by atoms with Gasteiger partial charge in [0.25, 0.3) is 0 Å². The third-order valence-electron chi connectivity index (χ3n) is 11.9. The van der Waals surface area contributed by atoms with Crippen molar-refractivity contribution in [1.82, 2.24) is 0 Å².